The van der Waals surface area contributed by atoms with Crippen molar-refractivity contribution < 1.29 is 9.59 Å². The molecule has 0 aliphatic carbocycles. The van der Waals surface area contributed by atoms with E-state index in [1.807, 2.05) is 63.2 Å². The molecule has 5 nitrogen and oxygen atoms in total. The maximum atomic E-state index is 13.3. The third-order valence-electron chi connectivity index (χ3n) is 6.14. The fourth-order valence-electron chi connectivity index (χ4n) is 4.81. The molecule has 2 aliphatic heterocycles. The second-order valence-corrected chi connectivity index (χ2v) is 9.71. The molecule has 0 aromatic heterocycles. The van der Waals surface area contributed by atoms with Gasteiger partial charge in [0.05, 0.1) is 11.5 Å². The summed E-state index contributed by atoms with van der Waals surface area (Å²) >= 11 is 0. The van der Waals surface area contributed by atoms with Crippen LogP contribution < -0.4 is 10.6 Å². The minimum atomic E-state index is -0.569. The van der Waals surface area contributed by atoms with E-state index >= 15 is 0 Å². The largest absolute Gasteiger partial charge is 0.351 e. The van der Waals surface area contributed by atoms with Gasteiger partial charge in [0.25, 0.3) is 5.91 Å². The van der Waals surface area contributed by atoms with Crippen molar-refractivity contribution in [1.82, 2.24) is 15.5 Å². The first-order chi connectivity index (χ1) is 14.3. The van der Waals surface area contributed by atoms with Gasteiger partial charge in [0.2, 0.25) is 5.91 Å². The molecule has 2 atom stereocenters. The second kappa shape index (κ2) is 7.88. The Morgan fingerprint density at radius 2 is 1.83 bits per heavy atom. The quantitative estimate of drug-likeness (QED) is 0.825. The molecule has 30 heavy (non-hydrogen) atoms. The van der Waals surface area contributed by atoms with Gasteiger partial charge in [-0.3, -0.25) is 14.5 Å². The molecule has 0 bridgehead atoms. The molecule has 2 heterocycles. The normalized spacial score (nSPS) is 24.2. The van der Waals surface area contributed by atoms with E-state index in [0.717, 1.165) is 30.5 Å². The van der Waals surface area contributed by atoms with Gasteiger partial charge in [0.1, 0.15) is 0 Å². The number of nitrogens with one attached hydrogen (secondary N) is 2. The summed E-state index contributed by atoms with van der Waals surface area (Å²) in [5.41, 5.74) is 2.12. The van der Waals surface area contributed by atoms with Gasteiger partial charge in [-0.1, -0.05) is 48.5 Å². The summed E-state index contributed by atoms with van der Waals surface area (Å²) < 4.78 is 0. The van der Waals surface area contributed by atoms with Gasteiger partial charge >= 0.3 is 0 Å². The van der Waals surface area contributed by atoms with Gasteiger partial charge in [-0.2, -0.15) is 0 Å². The van der Waals surface area contributed by atoms with E-state index in [1.54, 1.807) is 0 Å². The highest BCUT2D eigenvalue weighted by Gasteiger charge is 2.52. The average molecular weight is 406 g/mol. The third-order valence-corrected chi connectivity index (χ3v) is 6.14. The van der Waals surface area contributed by atoms with E-state index < -0.39 is 5.54 Å². The molecule has 4 rings (SSSR count). The van der Waals surface area contributed by atoms with E-state index in [2.05, 4.69) is 27.7 Å². The van der Waals surface area contributed by atoms with Crippen LogP contribution in [-0.4, -0.2) is 40.9 Å². The number of hydrogen-bond acceptors (Lipinski definition) is 3. The van der Waals surface area contributed by atoms with Crippen LogP contribution in [0.1, 0.15) is 48.7 Å². The van der Waals surface area contributed by atoms with Crippen molar-refractivity contribution in [2.24, 2.45) is 5.92 Å². The van der Waals surface area contributed by atoms with Gasteiger partial charge in [0, 0.05) is 30.7 Å². The van der Waals surface area contributed by atoms with E-state index in [9.17, 15) is 9.59 Å². The highest BCUT2D eigenvalue weighted by Crippen LogP contribution is 2.36. The van der Waals surface area contributed by atoms with Crippen molar-refractivity contribution in [3.63, 3.8) is 0 Å². The van der Waals surface area contributed by atoms with Crippen molar-refractivity contribution in [2.75, 3.05) is 13.1 Å². The molecule has 2 N–H and O–H groups in total. The van der Waals surface area contributed by atoms with Crippen molar-refractivity contribution in [1.29, 1.82) is 0 Å². The third kappa shape index (κ3) is 4.26. The molecule has 1 fully saturated rings. The number of carbonyl (C=O) groups is 2. The van der Waals surface area contributed by atoms with Crippen LogP contribution in [0.2, 0.25) is 0 Å². The lowest BCUT2D eigenvalue weighted by atomic mass is 9.81. The number of rotatable bonds is 3. The molecule has 2 aromatic carbocycles. The molecule has 1 spiro atoms. The standard InChI is InChI=1S/C25H31N3O2/c1-24(2,3)26-23(30)21-16-28(15-18-9-5-4-6-10-18)17-25(21)14-13-19-11-7-8-12-20(19)22(29)27-25/h4-12,21H,13-17H2,1-3H3,(H,26,30)(H,27,29)/t21-,25+/m0/s1. The van der Waals surface area contributed by atoms with Crippen LogP contribution in [0.4, 0.5) is 0 Å². The Labute approximate surface area is 178 Å². The van der Waals surface area contributed by atoms with Crippen LogP contribution in [0.5, 0.6) is 0 Å². The van der Waals surface area contributed by atoms with E-state index in [0.29, 0.717) is 13.1 Å². The Kier molecular flexibility index (Phi) is 5.41. The van der Waals surface area contributed by atoms with Crippen molar-refractivity contribution in [3.05, 3.63) is 71.3 Å². The number of likely N-dealkylation sites (tertiary alicyclic amines) is 1. The highest BCUT2D eigenvalue weighted by molar-refractivity contribution is 5.97. The molecule has 0 unspecified atom stereocenters. The summed E-state index contributed by atoms with van der Waals surface area (Å²) in [4.78, 5) is 28.8. The predicted molar refractivity (Wildman–Crippen MR) is 118 cm³/mol. The Morgan fingerprint density at radius 1 is 1.13 bits per heavy atom. The number of aryl methyl sites for hydroxylation is 1. The van der Waals surface area contributed by atoms with E-state index in [4.69, 9.17) is 0 Å². The number of benzene rings is 2. The zero-order valence-corrected chi connectivity index (χ0v) is 18.1. The maximum Gasteiger partial charge on any atom is 0.252 e. The predicted octanol–water partition coefficient (Wildman–Crippen LogP) is 3.15. The molecule has 0 radical (unpaired) electrons. The number of carbonyl (C=O) groups excluding carboxylic acids is 2. The van der Waals surface area contributed by atoms with Crippen LogP contribution in [0.3, 0.4) is 0 Å². The lowest BCUT2D eigenvalue weighted by molar-refractivity contribution is -0.127. The molecule has 2 amide bonds. The van der Waals surface area contributed by atoms with Gasteiger partial charge in [0.15, 0.2) is 0 Å². The Hall–Kier alpha value is -2.66. The summed E-state index contributed by atoms with van der Waals surface area (Å²) in [6, 6.07) is 18.1. The fourth-order valence-corrected chi connectivity index (χ4v) is 4.81. The molecular weight excluding hydrogens is 374 g/mol. The Bertz CT molecular complexity index is 935. The van der Waals surface area contributed by atoms with E-state index in [1.165, 1.54) is 5.56 Å². The van der Waals surface area contributed by atoms with Crippen LogP contribution in [-0.2, 0) is 17.8 Å². The average Bonchev–Trinajstić information content (AvgIpc) is 2.96. The van der Waals surface area contributed by atoms with Gasteiger partial charge in [-0.25, -0.2) is 0 Å². The first-order valence-corrected chi connectivity index (χ1v) is 10.7. The van der Waals surface area contributed by atoms with Gasteiger partial charge in [-0.15, -0.1) is 0 Å². The number of amides is 2. The molecule has 1 saturated heterocycles. The summed E-state index contributed by atoms with van der Waals surface area (Å²) in [5, 5.41) is 6.46. The molecular formula is C25H31N3O2. The maximum absolute atomic E-state index is 13.3. The van der Waals surface area contributed by atoms with E-state index in [-0.39, 0.29) is 23.3 Å². The fraction of sp³-hybridized carbons (Fsp3) is 0.440. The van der Waals surface area contributed by atoms with Gasteiger partial charge < -0.3 is 10.6 Å². The SMILES string of the molecule is CC(C)(C)NC(=O)[C@@H]1CN(Cc2ccccc2)C[C@]12CCc1ccccc1C(=O)N2. The highest BCUT2D eigenvalue weighted by atomic mass is 16.2. The van der Waals surface area contributed by atoms with Crippen LogP contribution in [0.15, 0.2) is 54.6 Å². The summed E-state index contributed by atoms with van der Waals surface area (Å²) in [7, 11) is 0. The molecule has 5 heteroatoms. The first-order valence-electron chi connectivity index (χ1n) is 10.7. The van der Waals surface area contributed by atoms with Crippen LogP contribution in [0, 0.1) is 5.92 Å². The summed E-state index contributed by atoms with van der Waals surface area (Å²) in [5.74, 6) is -0.346. The number of fused-ring (bicyclic) bond motifs is 1. The zero-order valence-electron chi connectivity index (χ0n) is 18.1. The van der Waals surface area contributed by atoms with Crippen molar-refractivity contribution >= 4 is 11.8 Å². The minimum Gasteiger partial charge on any atom is -0.351 e. The smallest absolute Gasteiger partial charge is 0.252 e. The molecule has 0 saturated carbocycles. The van der Waals surface area contributed by atoms with Crippen molar-refractivity contribution in [2.45, 2.75) is 51.2 Å². The zero-order chi connectivity index (χ0) is 21.4. The molecule has 2 aliphatic rings. The summed E-state index contributed by atoms with van der Waals surface area (Å²) in [6.07, 6.45) is 1.54. The number of hydrogen-bond donors (Lipinski definition) is 2. The Morgan fingerprint density at radius 3 is 2.57 bits per heavy atom. The molecule has 158 valence electrons. The van der Waals surface area contributed by atoms with Crippen LogP contribution in [0.25, 0.3) is 0 Å². The first kappa shape index (κ1) is 20.6. The monoisotopic (exact) mass is 405 g/mol. The van der Waals surface area contributed by atoms with Crippen molar-refractivity contribution in [3.8, 4) is 0 Å². The number of nitrogens with zero attached hydrogens (tertiary/aromatic N) is 1. The minimum absolute atomic E-state index is 0.0179. The summed E-state index contributed by atoms with van der Waals surface area (Å²) in [6.45, 7) is 8.06. The lowest BCUT2D eigenvalue weighted by Crippen LogP contribution is -2.59. The molecule has 2 aromatic rings. The Balaban J connectivity index is 1.64. The van der Waals surface area contributed by atoms with Crippen LogP contribution >= 0.6 is 0 Å². The lowest BCUT2D eigenvalue weighted by Gasteiger charge is -2.35. The topological polar surface area (TPSA) is 61.4 Å². The second-order valence-electron chi connectivity index (χ2n) is 9.71. The van der Waals surface area contributed by atoms with Gasteiger partial charge in [-0.05, 0) is 50.8 Å².